The van der Waals surface area contributed by atoms with Crippen LogP contribution in [0.5, 0.6) is 0 Å². The number of aliphatic hydroxyl groups is 1. The third-order valence-corrected chi connectivity index (χ3v) is 4.08. The summed E-state index contributed by atoms with van der Waals surface area (Å²) in [6.07, 6.45) is -1.23. The topological polar surface area (TPSA) is 89.9 Å². The fraction of sp³-hybridized carbons (Fsp3) is 0.318. The molecule has 148 valence electrons. The van der Waals surface area contributed by atoms with Gasteiger partial charge < -0.3 is 14.6 Å². The molecular formula is C22H24O6. The molecule has 0 saturated heterocycles. The molecule has 0 bridgehead atoms. The van der Waals surface area contributed by atoms with Crippen LogP contribution in [0.15, 0.2) is 48.5 Å². The Kier molecular flexibility index (Phi) is 7.89. The zero-order valence-corrected chi connectivity index (χ0v) is 16.0. The second-order valence-electron chi connectivity index (χ2n) is 6.14. The fourth-order valence-corrected chi connectivity index (χ4v) is 2.80. The van der Waals surface area contributed by atoms with Crippen LogP contribution >= 0.6 is 0 Å². The molecule has 2 rings (SSSR count). The van der Waals surface area contributed by atoms with Crippen molar-refractivity contribution in [1.29, 1.82) is 0 Å². The Morgan fingerprint density at radius 2 is 1.68 bits per heavy atom. The Morgan fingerprint density at radius 1 is 0.964 bits per heavy atom. The van der Waals surface area contributed by atoms with Gasteiger partial charge in [0, 0.05) is 17.5 Å². The number of aliphatic hydroxyl groups excluding tert-OH is 1. The van der Waals surface area contributed by atoms with Gasteiger partial charge >= 0.3 is 11.9 Å². The van der Waals surface area contributed by atoms with Crippen molar-refractivity contribution in [3.63, 3.8) is 0 Å². The third-order valence-electron chi connectivity index (χ3n) is 4.08. The third kappa shape index (κ3) is 5.76. The van der Waals surface area contributed by atoms with Crippen LogP contribution in [0.1, 0.15) is 40.9 Å². The van der Waals surface area contributed by atoms with E-state index in [9.17, 15) is 19.5 Å². The summed E-state index contributed by atoms with van der Waals surface area (Å²) in [4.78, 5) is 36.4. The van der Waals surface area contributed by atoms with E-state index >= 15 is 0 Å². The van der Waals surface area contributed by atoms with E-state index in [1.54, 1.807) is 62.4 Å². The minimum atomic E-state index is -1.29. The minimum Gasteiger partial charge on any atom is -0.466 e. The maximum atomic E-state index is 13.0. The first-order valence-electron chi connectivity index (χ1n) is 9.18. The molecule has 0 spiro atoms. The van der Waals surface area contributed by atoms with Crippen LogP contribution in [0.3, 0.4) is 0 Å². The molecule has 1 atom stereocenters. The number of ether oxygens (including phenoxy) is 2. The predicted molar refractivity (Wildman–Crippen MR) is 103 cm³/mol. The Bertz CT molecular complexity index is 842. The second-order valence-corrected chi connectivity index (χ2v) is 6.14. The highest BCUT2D eigenvalue weighted by Gasteiger charge is 2.19. The monoisotopic (exact) mass is 384 g/mol. The zero-order valence-electron chi connectivity index (χ0n) is 16.0. The first kappa shape index (κ1) is 21.3. The van der Waals surface area contributed by atoms with Crippen molar-refractivity contribution in [1.82, 2.24) is 0 Å². The van der Waals surface area contributed by atoms with Gasteiger partial charge in [0.05, 0.1) is 19.6 Å². The van der Waals surface area contributed by atoms with Gasteiger partial charge in [0.1, 0.15) is 0 Å². The number of benzene rings is 2. The highest BCUT2D eigenvalue weighted by atomic mass is 16.5. The Hall–Kier alpha value is -2.99. The summed E-state index contributed by atoms with van der Waals surface area (Å²) in [5, 5.41) is 9.93. The number of rotatable bonds is 9. The predicted octanol–water partition coefficient (Wildman–Crippen LogP) is 2.49. The molecular weight excluding hydrogens is 360 g/mol. The molecule has 0 aliphatic rings. The van der Waals surface area contributed by atoms with Crippen molar-refractivity contribution in [2.45, 2.75) is 32.8 Å². The van der Waals surface area contributed by atoms with E-state index < -0.39 is 18.0 Å². The largest absolute Gasteiger partial charge is 0.466 e. The number of hydrogen-bond donors (Lipinski definition) is 1. The van der Waals surface area contributed by atoms with E-state index in [1.165, 1.54) is 0 Å². The summed E-state index contributed by atoms with van der Waals surface area (Å²) in [5.41, 5.74) is 2.04. The second kappa shape index (κ2) is 10.4. The lowest BCUT2D eigenvalue weighted by Crippen LogP contribution is -2.25. The fourth-order valence-electron chi connectivity index (χ4n) is 2.80. The first-order valence-corrected chi connectivity index (χ1v) is 9.18. The number of hydrogen-bond acceptors (Lipinski definition) is 6. The lowest BCUT2D eigenvalue weighted by molar-refractivity contribution is -0.152. The normalized spacial score (nSPS) is 11.5. The Morgan fingerprint density at radius 3 is 2.39 bits per heavy atom. The van der Waals surface area contributed by atoms with Crippen molar-refractivity contribution in [2.24, 2.45) is 0 Å². The summed E-state index contributed by atoms with van der Waals surface area (Å²) < 4.78 is 9.77. The highest BCUT2D eigenvalue weighted by molar-refractivity contribution is 6.10. The molecule has 2 aromatic rings. The molecule has 0 aliphatic heterocycles. The van der Waals surface area contributed by atoms with E-state index in [4.69, 9.17) is 9.47 Å². The Balaban J connectivity index is 2.21. The van der Waals surface area contributed by atoms with Gasteiger partial charge in [-0.2, -0.15) is 0 Å². The van der Waals surface area contributed by atoms with Crippen LogP contribution in [-0.2, 0) is 31.9 Å². The number of esters is 2. The van der Waals surface area contributed by atoms with E-state index in [0.717, 1.165) is 0 Å². The van der Waals surface area contributed by atoms with Gasteiger partial charge in [0.25, 0.3) is 0 Å². The Labute approximate surface area is 164 Å². The van der Waals surface area contributed by atoms with Gasteiger partial charge in [-0.05, 0) is 31.0 Å². The maximum Gasteiger partial charge on any atom is 0.335 e. The molecule has 0 aliphatic carbocycles. The molecule has 28 heavy (non-hydrogen) atoms. The molecule has 0 amide bonds. The summed E-state index contributed by atoms with van der Waals surface area (Å²) in [6, 6.07) is 13.6. The quantitative estimate of drug-likeness (QED) is 0.528. The molecule has 1 N–H and O–H groups in total. The van der Waals surface area contributed by atoms with Gasteiger partial charge in [-0.1, -0.05) is 42.5 Å². The number of carbonyl (C=O) groups excluding carboxylic acids is 3. The minimum absolute atomic E-state index is 0.0109. The van der Waals surface area contributed by atoms with Crippen molar-refractivity contribution in [3.8, 4) is 0 Å². The average Bonchev–Trinajstić information content (AvgIpc) is 2.68. The molecule has 0 heterocycles. The molecule has 1 unspecified atom stereocenters. The number of ketones is 1. The van der Waals surface area contributed by atoms with Crippen LogP contribution in [0.25, 0.3) is 0 Å². The molecule has 0 radical (unpaired) electrons. The van der Waals surface area contributed by atoms with Crippen LogP contribution in [0.4, 0.5) is 0 Å². The molecule has 0 fully saturated rings. The summed E-state index contributed by atoms with van der Waals surface area (Å²) in [7, 11) is 0. The van der Waals surface area contributed by atoms with Gasteiger partial charge in [-0.3, -0.25) is 9.59 Å². The first-order chi connectivity index (χ1) is 13.5. The molecule has 0 saturated carbocycles. The van der Waals surface area contributed by atoms with E-state index in [-0.39, 0.29) is 31.8 Å². The van der Waals surface area contributed by atoms with Gasteiger partial charge in [0.2, 0.25) is 0 Å². The van der Waals surface area contributed by atoms with E-state index in [2.05, 4.69) is 0 Å². The van der Waals surface area contributed by atoms with Crippen LogP contribution in [0, 0.1) is 0 Å². The smallest absolute Gasteiger partial charge is 0.335 e. The molecule has 2 aromatic carbocycles. The molecule has 6 nitrogen and oxygen atoms in total. The molecule has 0 aromatic heterocycles. The lowest BCUT2D eigenvalue weighted by Gasteiger charge is -2.11. The summed E-state index contributed by atoms with van der Waals surface area (Å²) in [6.45, 7) is 3.86. The van der Waals surface area contributed by atoms with E-state index in [1.807, 2.05) is 0 Å². The van der Waals surface area contributed by atoms with Crippen molar-refractivity contribution in [3.05, 3.63) is 70.8 Å². The van der Waals surface area contributed by atoms with E-state index in [0.29, 0.717) is 22.3 Å². The lowest BCUT2D eigenvalue weighted by atomic mass is 9.95. The van der Waals surface area contributed by atoms with Crippen molar-refractivity contribution in [2.75, 3.05) is 13.2 Å². The van der Waals surface area contributed by atoms with Crippen LogP contribution in [0.2, 0.25) is 0 Å². The summed E-state index contributed by atoms with van der Waals surface area (Å²) in [5.74, 6) is -1.33. The SMILES string of the molecule is CCOC(=O)Cc1ccccc1C(=O)c1cccc(CC(O)C(=O)OCC)c1. The van der Waals surface area contributed by atoms with Crippen LogP contribution < -0.4 is 0 Å². The van der Waals surface area contributed by atoms with Gasteiger partial charge in [0.15, 0.2) is 11.9 Å². The van der Waals surface area contributed by atoms with Crippen LogP contribution in [-0.4, -0.2) is 42.1 Å². The highest BCUT2D eigenvalue weighted by Crippen LogP contribution is 2.18. The standard InChI is InChI=1S/C22H24O6/c1-3-27-20(24)14-16-9-5-6-11-18(16)21(25)17-10-7-8-15(12-17)13-19(23)22(26)28-4-2/h5-12,19,23H,3-4,13-14H2,1-2H3. The number of carbonyl (C=O) groups is 3. The van der Waals surface area contributed by atoms with Gasteiger partial charge in [-0.25, -0.2) is 4.79 Å². The van der Waals surface area contributed by atoms with Crippen molar-refractivity contribution >= 4 is 17.7 Å². The zero-order chi connectivity index (χ0) is 20.5. The van der Waals surface area contributed by atoms with Crippen molar-refractivity contribution < 1.29 is 29.0 Å². The maximum absolute atomic E-state index is 13.0. The average molecular weight is 384 g/mol. The molecule has 6 heteroatoms. The van der Waals surface area contributed by atoms with Gasteiger partial charge in [-0.15, -0.1) is 0 Å². The summed E-state index contributed by atoms with van der Waals surface area (Å²) >= 11 is 0.